The second kappa shape index (κ2) is 10.4. The summed E-state index contributed by atoms with van der Waals surface area (Å²) in [5.41, 5.74) is 0.676. The number of Topliss-reactive ketones (excluding diaryl/α,β-unsaturated/α-hetero) is 1. The highest BCUT2D eigenvalue weighted by atomic mass is 16.5. The van der Waals surface area contributed by atoms with Crippen LogP contribution in [0.3, 0.4) is 0 Å². The SMILES string of the molecule is CCCCCCCC(=O)c1ccc(OCC(=O)Nc2cc(C)on2)cc1. The van der Waals surface area contributed by atoms with Gasteiger partial charge in [0.2, 0.25) is 0 Å². The van der Waals surface area contributed by atoms with Gasteiger partial charge in [0.05, 0.1) is 0 Å². The molecule has 0 spiro atoms. The zero-order valence-corrected chi connectivity index (χ0v) is 15.4. The predicted octanol–water partition coefficient (Wildman–Crippen LogP) is 4.54. The smallest absolute Gasteiger partial charge is 0.263 e. The Labute approximate surface area is 153 Å². The van der Waals surface area contributed by atoms with E-state index in [0.29, 0.717) is 29.3 Å². The molecule has 0 aliphatic rings. The fraction of sp³-hybridized carbons (Fsp3) is 0.450. The van der Waals surface area contributed by atoms with Crippen LogP contribution in [0.4, 0.5) is 5.82 Å². The number of ketones is 1. The Morgan fingerprint density at radius 1 is 1.12 bits per heavy atom. The van der Waals surface area contributed by atoms with E-state index in [1.165, 1.54) is 19.3 Å². The molecule has 0 fully saturated rings. The highest BCUT2D eigenvalue weighted by Gasteiger charge is 2.09. The lowest BCUT2D eigenvalue weighted by Crippen LogP contribution is -2.20. The van der Waals surface area contributed by atoms with Crippen LogP contribution in [0.2, 0.25) is 0 Å². The quantitative estimate of drug-likeness (QED) is 0.471. The van der Waals surface area contributed by atoms with Gasteiger partial charge in [-0.1, -0.05) is 37.8 Å². The zero-order chi connectivity index (χ0) is 18.8. The average Bonchev–Trinajstić information content (AvgIpc) is 3.04. The molecule has 1 heterocycles. The number of amides is 1. The van der Waals surface area contributed by atoms with Gasteiger partial charge >= 0.3 is 0 Å². The van der Waals surface area contributed by atoms with Gasteiger partial charge in [0.15, 0.2) is 18.2 Å². The van der Waals surface area contributed by atoms with E-state index in [0.717, 1.165) is 12.8 Å². The summed E-state index contributed by atoms with van der Waals surface area (Å²) in [7, 11) is 0. The van der Waals surface area contributed by atoms with Gasteiger partial charge in [0, 0.05) is 18.1 Å². The Kier molecular flexibility index (Phi) is 7.86. The van der Waals surface area contributed by atoms with Crippen LogP contribution in [-0.2, 0) is 4.79 Å². The Hall–Kier alpha value is -2.63. The summed E-state index contributed by atoms with van der Waals surface area (Å²) in [4.78, 5) is 23.9. The van der Waals surface area contributed by atoms with Crippen LogP contribution in [0.5, 0.6) is 5.75 Å². The van der Waals surface area contributed by atoms with E-state index in [1.807, 2.05) is 0 Å². The van der Waals surface area contributed by atoms with Crippen LogP contribution < -0.4 is 10.1 Å². The topological polar surface area (TPSA) is 81.4 Å². The number of nitrogens with zero attached hydrogens (tertiary/aromatic N) is 1. The molecule has 0 aliphatic heterocycles. The van der Waals surface area contributed by atoms with Gasteiger partial charge in [-0.3, -0.25) is 9.59 Å². The van der Waals surface area contributed by atoms with E-state index in [2.05, 4.69) is 17.4 Å². The van der Waals surface area contributed by atoms with Crippen molar-refractivity contribution in [2.24, 2.45) is 0 Å². The third-order valence-corrected chi connectivity index (χ3v) is 3.95. The molecule has 2 aromatic rings. The number of hydrogen-bond donors (Lipinski definition) is 1. The van der Waals surface area contributed by atoms with Crippen molar-refractivity contribution in [3.63, 3.8) is 0 Å². The summed E-state index contributed by atoms with van der Waals surface area (Å²) in [5.74, 6) is 1.33. The molecule has 0 unspecified atom stereocenters. The highest BCUT2D eigenvalue weighted by molar-refractivity contribution is 5.96. The molecule has 0 saturated heterocycles. The molecule has 0 bridgehead atoms. The summed E-state index contributed by atoms with van der Waals surface area (Å²) < 4.78 is 10.3. The van der Waals surface area contributed by atoms with Crippen LogP contribution in [0.15, 0.2) is 34.9 Å². The molecule has 0 atom stereocenters. The number of anilines is 1. The van der Waals surface area contributed by atoms with Gasteiger partial charge in [0.1, 0.15) is 11.5 Å². The van der Waals surface area contributed by atoms with Crippen molar-refractivity contribution in [1.29, 1.82) is 0 Å². The monoisotopic (exact) mass is 358 g/mol. The van der Waals surface area contributed by atoms with Crippen LogP contribution in [0.1, 0.15) is 61.6 Å². The Morgan fingerprint density at radius 3 is 2.50 bits per heavy atom. The molecule has 140 valence electrons. The number of nitrogens with one attached hydrogen (secondary N) is 1. The van der Waals surface area contributed by atoms with Gasteiger partial charge < -0.3 is 14.6 Å². The first-order valence-corrected chi connectivity index (χ1v) is 9.07. The zero-order valence-electron chi connectivity index (χ0n) is 15.4. The first kappa shape index (κ1) is 19.7. The third kappa shape index (κ3) is 6.70. The minimum Gasteiger partial charge on any atom is -0.484 e. The first-order valence-electron chi connectivity index (χ1n) is 9.07. The van der Waals surface area contributed by atoms with Crippen molar-refractivity contribution in [2.45, 2.75) is 52.4 Å². The molecular formula is C20H26N2O4. The van der Waals surface area contributed by atoms with E-state index in [-0.39, 0.29) is 18.3 Å². The second-order valence-electron chi connectivity index (χ2n) is 6.27. The predicted molar refractivity (Wildman–Crippen MR) is 99.5 cm³/mol. The summed E-state index contributed by atoms with van der Waals surface area (Å²) in [6.07, 6.45) is 6.21. The molecule has 1 aromatic carbocycles. The van der Waals surface area contributed by atoms with Crippen molar-refractivity contribution < 1.29 is 18.8 Å². The van der Waals surface area contributed by atoms with Crippen LogP contribution in [-0.4, -0.2) is 23.5 Å². The molecule has 6 heteroatoms. The van der Waals surface area contributed by atoms with Crippen molar-refractivity contribution in [1.82, 2.24) is 5.16 Å². The summed E-state index contributed by atoms with van der Waals surface area (Å²) in [6, 6.07) is 8.52. The maximum absolute atomic E-state index is 12.1. The molecule has 0 radical (unpaired) electrons. The van der Waals surface area contributed by atoms with Gasteiger partial charge in [-0.05, 0) is 37.6 Å². The van der Waals surface area contributed by atoms with Gasteiger partial charge in [-0.25, -0.2) is 0 Å². The maximum atomic E-state index is 12.1. The van der Waals surface area contributed by atoms with Crippen molar-refractivity contribution in [3.8, 4) is 5.75 Å². The maximum Gasteiger partial charge on any atom is 0.263 e. The van der Waals surface area contributed by atoms with Gasteiger partial charge in [-0.2, -0.15) is 0 Å². The molecule has 0 aliphatic carbocycles. The molecule has 1 aromatic heterocycles. The summed E-state index contributed by atoms with van der Waals surface area (Å²) in [5, 5.41) is 6.26. The Balaban J connectivity index is 1.72. The third-order valence-electron chi connectivity index (χ3n) is 3.95. The van der Waals surface area contributed by atoms with E-state index in [1.54, 1.807) is 37.3 Å². The lowest BCUT2D eigenvalue weighted by Gasteiger charge is -2.07. The number of rotatable bonds is 11. The molecule has 1 N–H and O–H groups in total. The lowest BCUT2D eigenvalue weighted by atomic mass is 10.0. The fourth-order valence-corrected chi connectivity index (χ4v) is 2.52. The van der Waals surface area contributed by atoms with Crippen molar-refractivity contribution in [3.05, 3.63) is 41.7 Å². The Bertz CT molecular complexity index is 707. The highest BCUT2D eigenvalue weighted by Crippen LogP contribution is 2.15. The average molecular weight is 358 g/mol. The van der Waals surface area contributed by atoms with E-state index in [4.69, 9.17) is 9.26 Å². The number of benzene rings is 1. The van der Waals surface area contributed by atoms with Crippen LogP contribution >= 0.6 is 0 Å². The number of carbonyl (C=O) groups is 2. The number of carbonyl (C=O) groups excluding carboxylic acids is 2. The molecule has 26 heavy (non-hydrogen) atoms. The number of hydrogen-bond acceptors (Lipinski definition) is 5. The first-order chi connectivity index (χ1) is 12.6. The second-order valence-corrected chi connectivity index (χ2v) is 6.27. The number of aryl methyl sites for hydroxylation is 1. The molecule has 2 rings (SSSR count). The standard InChI is InChI=1S/C20H26N2O4/c1-3-4-5-6-7-8-18(23)16-9-11-17(12-10-16)25-14-20(24)21-19-13-15(2)26-22-19/h9-13H,3-8,14H2,1-2H3,(H,21,22,24). The minimum atomic E-state index is -0.328. The molecule has 6 nitrogen and oxygen atoms in total. The van der Waals surface area contributed by atoms with Crippen LogP contribution in [0.25, 0.3) is 0 Å². The molecule has 1 amide bonds. The van der Waals surface area contributed by atoms with Crippen molar-refractivity contribution >= 4 is 17.5 Å². The molecule has 0 saturated carbocycles. The van der Waals surface area contributed by atoms with E-state index in [9.17, 15) is 9.59 Å². The van der Waals surface area contributed by atoms with Gasteiger partial charge in [-0.15, -0.1) is 0 Å². The normalized spacial score (nSPS) is 10.5. The van der Waals surface area contributed by atoms with Crippen LogP contribution in [0, 0.1) is 6.92 Å². The molecular weight excluding hydrogens is 332 g/mol. The van der Waals surface area contributed by atoms with E-state index < -0.39 is 0 Å². The number of ether oxygens (including phenoxy) is 1. The Morgan fingerprint density at radius 2 is 1.85 bits per heavy atom. The lowest BCUT2D eigenvalue weighted by molar-refractivity contribution is -0.118. The largest absolute Gasteiger partial charge is 0.484 e. The number of unbranched alkanes of at least 4 members (excludes halogenated alkanes) is 4. The summed E-state index contributed by atoms with van der Waals surface area (Å²) in [6.45, 7) is 3.78. The van der Waals surface area contributed by atoms with Crippen molar-refractivity contribution in [2.75, 3.05) is 11.9 Å². The minimum absolute atomic E-state index is 0.142. The van der Waals surface area contributed by atoms with Gasteiger partial charge in [0.25, 0.3) is 5.91 Å². The fourth-order valence-electron chi connectivity index (χ4n) is 2.52. The van der Waals surface area contributed by atoms with E-state index >= 15 is 0 Å². The number of aromatic nitrogens is 1. The summed E-state index contributed by atoms with van der Waals surface area (Å²) >= 11 is 0.